The highest BCUT2D eigenvalue weighted by atomic mass is 35.5. The normalized spacial score (nSPS) is 16.1. The van der Waals surface area contributed by atoms with Gasteiger partial charge >= 0.3 is 0 Å². The van der Waals surface area contributed by atoms with Crippen LogP contribution in [-0.4, -0.2) is 47.8 Å². The molecule has 1 fully saturated rings. The third kappa shape index (κ3) is 4.87. The number of piperazine rings is 1. The monoisotopic (exact) mass is 385 g/mol. The highest BCUT2D eigenvalue weighted by molar-refractivity contribution is 6.30. The van der Waals surface area contributed by atoms with Gasteiger partial charge in [0.1, 0.15) is 6.04 Å². The Morgan fingerprint density at radius 3 is 2.15 bits per heavy atom. The topological polar surface area (TPSA) is 66.6 Å². The molecule has 27 heavy (non-hydrogen) atoms. The van der Waals surface area contributed by atoms with Crippen LogP contribution >= 0.6 is 11.6 Å². The van der Waals surface area contributed by atoms with E-state index in [4.69, 9.17) is 17.3 Å². The molecule has 2 aromatic carbocycles. The van der Waals surface area contributed by atoms with Gasteiger partial charge in [0, 0.05) is 31.2 Å². The van der Waals surface area contributed by atoms with Crippen molar-refractivity contribution >= 4 is 23.4 Å². The number of hydrogen-bond donors (Lipinski definition) is 1. The van der Waals surface area contributed by atoms with E-state index in [1.165, 1.54) is 5.56 Å². The lowest BCUT2D eigenvalue weighted by atomic mass is 10.0. The van der Waals surface area contributed by atoms with Crippen molar-refractivity contribution in [2.75, 3.05) is 26.2 Å². The molecule has 2 aromatic rings. The van der Waals surface area contributed by atoms with Gasteiger partial charge in [0.2, 0.25) is 11.8 Å². The zero-order chi connectivity index (χ0) is 19.4. The molecule has 2 N–H and O–H groups in total. The van der Waals surface area contributed by atoms with Crippen LogP contribution in [0.1, 0.15) is 22.7 Å². The van der Waals surface area contributed by atoms with Crippen LogP contribution in [0.5, 0.6) is 0 Å². The number of aryl methyl sites for hydroxylation is 1. The smallest absolute Gasteiger partial charge is 0.239 e. The highest BCUT2D eigenvalue weighted by Crippen LogP contribution is 2.24. The second-order valence-electron chi connectivity index (χ2n) is 6.94. The van der Waals surface area contributed by atoms with E-state index < -0.39 is 11.9 Å². The Labute approximate surface area is 164 Å². The lowest BCUT2D eigenvalue weighted by Gasteiger charge is -2.38. The summed E-state index contributed by atoms with van der Waals surface area (Å²) in [7, 11) is 0. The molecule has 1 atom stereocenters. The molecule has 0 radical (unpaired) electrons. The van der Waals surface area contributed by atoms with Crippen molar-refractivity contribution in [2.45, 2.75) is 19.4 Å². The quantitative estimate of drug-likeness (QED) is 0.860. The maximum Gasteiger partial charge on any atom is 0.239 e. The molecular formula is C21H24ClN3O2. The number of nitrogens with zero attached hydrogens (tertiary/aromatic N) is 2. The first-order valence-electron chi connectivity index (χ1n) is 9.06. The number of rotatable bonds is 5. The highest BCUT2D eigenvalue weighted by Gasteiger charge is 2.30. The molecule has 1 aliphatic rings. The first-order valence-corrected chi connectivity index (χ1v) is 9.44. The molecule has 3 rings (SSSR count). The van der Waals surface area contributed by atoms with Gasteiger partial charge in [0.15, 0.2) is 0 Å². The van der Waals surface area contributed by atoms with Crippen LogP contribution in [0.4, 0.5) is 0 Å². The zero-order valence-corrected chi connectivity index (χ0v) is 16.2. The zero-order valence-electron chi connectivity index (χ0n) is 15.4. The molecule has 0 aliphatic carbocycles. The minimum absolute atomic E-state index is 0.112. The van der Waals surface area contributed by atoms with Gasteiger partial charge in [0.05, 0.1) is 6.42 Å². The van der Waals surface area contributed by atoms with Crippen LogP contribution in [0, 0.1) is 6.92 Å². The Hall–Kier alpha value is -2.37. The van der Waals surface area contributed by atoms with Gasteiger partial charge in [-0.05, 0) is 30.2 Å². The molecular weight excluding hydrogens is 362 g/mol. The average molecular weight is 386 g/mol. The van der Waals surface area contributed by atoms with Crippen LogP contribution in [0.25, 0.3) is 0 Å². The number of primary amides is 1. The summed E-state index contributed by atoms with van der Waals surface area (Å²) in [5.41, 5.74) is 8.68. The molecule has 142 valence electrons. The minimum Gasteiger partial charge on any atom is -0.368 e. The Balaban J connectivity index is 1.61. The largest absolute Gasteiger partial charge is 0.368 e. The molecule has 0 bridgehead atoms. The van der Waals surface area contributed by atoms with Crippen molar-refractivity contribution in [3.63, 3.8) is 0 Å². The summed E-state index contributed by atoms with van der Waals surface area (Å²) < 4.78 is 0. The summed E-state index contributed by atoms with van der Waals surface area (Å²) in [4.78, 5) is 28.5. The summed E-state index contributed by atoms with van der Waals surface area (Å²) in [6.07, 6.45) is 0.400. The molecule has 1 heterocycles. The SMILES string of the molecule is Cc1ccc(CC(=O)N2CCN(C(C(N)=O)c3ccc(Cl)cc3)CC2)cc1. The number of nitrogens with two attached hydrogens (primary N) is 1. The van der Waals surface area contributed by atoms with Gasteiger partial charge in [0.25, 0.3) is 0 Å². The van der Waals surface area contributed by atoms with Gasteiger partial charge < -0.3 is 10.6 Å². The molecule has 0 aromatic heterocycles. The predicted molar refractivity (Wildman–Crippen MR) is 106 cm³/mol. The van der Waals surface area contributed by atoms with Gasteiger partial charge in [-0.25, -0.2) is 0 Å². The van der Waals surface area contributed by atoms with Crippen molar-refractivity contribution in [2.24, 2.45) is 5.73 Å². The van der Waals surface area contributed by atoms with Crippen LogP contribution in [0.2, 0.25) is 5.02 Å². The molecule has 6 heteroatoms. The van der Waals surface area contributed by atoms with E-state index in [0.717, 1.165) is 11.1 Å². The second-order valence-corrected chi connectivity index (χ2v) is 7.37. The fourth-order valence-electron chi connectivity index (χ4n) is 3.42. The first-order chi connectivity index (χ1) is 12.9. The van der Waals surface area contributed by atoms with Gasteiger partial charge in [-0.1, -0.05) is 53.6 Å². The number of carbonyl (C=O) groups is 2. The summed E-state index contributed by atoms with van der Waals surface area (Å²) in [6, 6.07) is 14.7. The summed E-state index contributed by atoms with van der Waals surface area (Å²) in [5.74, 6) is -0.280. The molecule has 1 saturated heterocycles. The molecule has 0 saturated carbocycles. The Morgan fingerprint density at radius 2 is 1.59 bits per heavy atom. The van der Waals surface area contributed by atoms with E-state index in [-0.39, 0.29) is 5.91 Å². The summed E-state index contributed by atoms with van der Waals surface area (Å²) in [6.45, 7) is 4.41. The van der Waals surface area contributed by atoms with E-state index in [1.54, 1.807) is 12.1 Å². The maximum atomic E-state index is 12.6. The molecule has 2 amide bonds. The third-order valence-corrected chi connectivity index (χ3v) is 5.22. The van der Waals surface area contributed by atoms with E-state index >= 15 is 0 Å². The van der Waals surface area contributed by atoms with Crippen LogP contribution in [0.15, 0.2) is 48.5 Å². The molecule has 1 unspecified atom stereocenters. The lowest BCUT2D eigenvalue weighted by molar-refractivity contribution is -0.133. The van der Waals surface area contributed by atoms with Crippen molar-refractivity contribution in [1.82, 2.24) is 9.80 Å². The average Bonchev–Trinajstić information content (AvgIpc) is 2.65. The van der Waals surface area contributed by atoms with Gasteiger partial charge in [-0.2, -0.15) is 0 Å². The molecule has 1 aliphatic heterocycles. The van der Waals surface area contributed by atoms with Crippen LogP contribution < -0.4 is 5.73 Å². The lowest BCUT2D eigenvalue weighted by Crippen LogP contribution is -2.52. The molecule has 0 spiro atoms. The fourth-order valence-corrected chi connectivity index (χ4v) is 3.55. The van der Waals surface area contributed by atoms with E-state index in [0.29, 0.717) is 37.6 Å². The summed E-state index contributed by atoms with van der Waals surface area (Å²) in [5, 5.41) is 0.619. The number of amides is 2. The number of halogens is 1. The first kappa shape index (κ1) is 19.4. The number of benzene rings is 2. The standard InChI is InChI=1S/C21H24ClN3O2/c1-15-2-4-16(5-3-15)14-19(26)24-10-12-25(13-11-24)20(21(23)27)17-6-8-18(22)9-7-17/h2-9,20H,10-14H2,1H3,(H2,23,27). The molecule has 5 nitrogen and oxygen atoms in total. The van der Waals surface area contributed by atoms with Crippen molar-refractivity contribution in [1.29, 1.82) is 0 Å². The maximum absolute atomic E-state index is 12.6. The second kappa shape index (κ2) is 8.55. The van der Waals surface area contributed by atoms with Crippen molar-refractivity contribution < 1.29 is 9.59 Å². The van der Waals surface area contributed by atoms with Crippen LogP contribution in [-0.2, 0) is 16.0 Å². The Bertz CT molecular complexity index is 797. The van der Waals surface area contributed by atoms with Gasteiger partial charge in [-0.3, -0.25) is 14.5 Å². The van der Waals surface area contributed by atoms with Crippen LogP contribution in [0.3, 0.4) is 0 Å². The Morgan fingerprint density at radius 1 is 1.00 bits per heavy atom. The van der Waals surface area contributed by atoms with Crippen molar-refractivity contribution in [3.8, 4) is 0 Å². The number of hydrogen-bond acceptors (Lipinski definition) is 3. The fraction of sp³-hybridized carbons (Fsp3) is 0.333. The third-order valence-electron chi connectivity index (χ3n) is 4.96. The van der Waals surface area contributed by atoms with E-state index in [1.807, 2.05) is 53.1 Å². The van der Waals surface area contributed by atoms with E-state index in [9.17, 15) is 9.59 Å². The van der Waals surface area contributed by atoms with Crippen molar-refractivity contribution in [3.05, 3.63) is 70.2 Å². The Kier molecular flexibility index (Phi) is 6.14. The predicted octanol–water partition coefficient (Wildman–Crippen LogP) is 2.56. The van der Waals surface area contributed by atoms with Gasteiger partial charge in [-0.15, -0.1) is 0 Å². The van der Waals surface area contributed by atoms with E-state index in [2.05, 4.69) is 0 Å². The number of carbonyl (C=O) groups excluding carboxylic acids is 2. The summed E-state index contributed by atoms with van der Waals surface area (Å²) >= 11 is 5.94. The minimum atomic E-state index is -0.503.